The molecule has 0 saturated carbocycles. The first-order chi connectivity index (χ1) is 7.81. The van der Waals surface area contributed by atoms with Crippen molar-refractivity contribution in [3.8, 4) is 0 Å². The summed E-state index contributed by atoms with van der Waals surface area (Å²) in [4.78, 5) is 0. The summed E-state index contributed by atoms with van der Waals surface area (Å²) in [6.45, 7) is 9.77. The summed E-state index contributed by atoms with van der Waals surface area (Å²) >= 11 is 0. The van der Waals surface area contributed by atoms with Crippen molar-refractivity contribution in [1.82, 2.24) is 10.6 Å². The molecule has 0 amide bonds. The average molecular weight is 232 g/mol. The molecule has 0 aliphatic heterocycles. The molecule has 0 fully saturated rings. The molecule has 0 aliphatic rings. The normalized spacial score (nSPS) is 12.9. The fourth-order valence-electron chi connectivity index (χ4n) is 1.33. The Morgan fingerprint density at radius 1 is 1.12 bits per heavy atom. The number of rotatable bonds is 12. The summed E-state index contributed by atoms with van der Waals surface area (Å²) in [5, 5.41) is 6.78. The van der Waals surface area contributed by atoms with Gasteiger partial charge in [0.15, 0.2) is 0 Å². The molecule has 4 nitrogen and oxygen atoms in total. The summed E-state index contributed by atoms with van der Waals surface area (Å²) in [7, 11) is 1.72. The molecule has 0 rings (SSSR count). The first-order valence-electron chi connectivity index (χ1n) is 6.32. The highest BCUT2D eigenvalue weighted by molar-refractivity contribution is 4.63. The van der Waals surface area contributed by atoms with Gasteiger partial charge < -0.3 is 20.1 Å². The molecular weight excluding hydrogens is 204 g/mol. The van der Waals surface area contributed by atoms with Crippen molar-refractivity contribution in [1.29, 1.82) is 0 Å². The highest BCUT2D eigenvalue weighted by atomic mass is 16.5. The van der Waals surface area contributed by atoms with Crippen LogP contribution in [0.25, 0.3) is 0 Å². The van der Waals surface area contributed by atoms with E-state index in [4.69, 9.17) is 9.47 Å². The van der Waals surface area contributed by atoms with E-state index in [-0.39, 0.29) is 0 Å². The van der Waals surface area contributed by atoms with Crippen molar-refractivity contribution < 1.29 is 9.47 Å². The Bertz CT molecular complexity index is 134. The third-order valence-electron chi connectivity index (χ3n) is 2.24. The quantitative estimate of drug-likeness (QED) is 0.493. The SMILES string of the molecule is CCCOCCCNC(C)CNCCOC. The monoisotopic (exact) mass is 232 g/mol. The highest BCUT2D eigenvalue weighted by Gasteiger charge is 1.99. The molecule has 0 radical (unpaired) electrons. The summed E-state index contributed by atoms with van der Waals surface area (Å²) in [6.07, 6.45) is 2.19. The lowest BCUT2D eigenvalue weighted by atomic mass is 10.3. The molecule has 0 spiro atoms. The van der Waals surface area contributed by atoms with Gasteiger partial charge in [-0.1, -0.05) is 6.92 Å². The first-order valence-corrected chi connectivity index (χ1v) is 6.32. The summed E-state index contributed by atoms with van der Waals surface area (Å²) < 4.78 is 10.4. The summed E-state index contributed by atoms with van der Waals surface area (Å²) in [5.41, 5.74) is 0. The molecule has 0 aromatic heterocycles. The van der Waals surface area contributed by atoms with Gasteiger partial charge in [0.25, 0.3) is 0 Å². The van der Waals surface area contributed by atoms with Crippen LogP contribution in [-0.2, 0) is 9.47 Å². The molecule has 0 bridgehead atoms. The molecular formula is C12H28N2O2. The second-order valence-corrected chi connectivity index (χ2v) is 4.02. The average Bonchev–Trinajstić information content (AvgIpc) is 2.29. The Morgan fingerprint density at radius 2 is 1.94 bits per heavy atom. The Kier molecular flexibility index (Phi) is 12.8. The van der Waals surface area contributed by atoms with E-state index in [1.807, 2.05) is 0 Å². The largest absolute Gasteiger partial charge is 0.383 e. The van der Waals surface area contributed by atoms with Crippen molar-refractivity contribution in [2.45, 2.75) is 32.7 Å². The summed E-state index contributed by atoms with van der Waals surface area (Å²) in [5.74, 6) is 0. The molecule has 0 aromatic carbocycles. The molecule has 98 valence electrons. The van der Waals surface area contributed by atoms with Crippen molar-refractivity contribution in [3.63, 3.8) is 0 Å². The van der Waals surface area contributed by atoms with Gasteiger partial charge in [0, 0.05) is 39.5 Å². The highest BCUT2D eigenvalue weighted by Crippen LogP contribution is 1.85. The predicted octanol–water partition coefficient (Wildman–Crippen LogP) is 1.02. The Morgan fingerprint density at radius 3 is 2.62 bits per heavy atom. The Labute approximate surface area is 100 Å². The van der Waals surface area contributed by atoms with Crippen LogP contribution in [0.5, 0.6) is 0 Å². The fraction of sp³-hybridized carbons (Fsp3) is 1.00. The smallest absolute Gasteiger partial charge is 0.0587 e. The second kappa shape index (κ2) is 12.9. The van der Waals surface area contributed by atoms with Crippen molar-refractivity contribution in [2.24, 2.45) is 0 Å². The maximum absolute atomic E-state index is 5.41. The third-order valence-corrected chi connectivity index (χ3v) is 2.24. The first kappa shape index (κ1) is 15.8. The van der Waals surface area contributed by atoms with E-state index >= 15 is 0 Å². The number of hydrogen-bond donors (Lipinski definition) is 2. The van der Waals surface area contributed by atoms with Crippen LogP contribution in [0.1, 0.15) is 26.7 Å². The molecule has 0 aromatic rings. The number of ether oxygens (including phenoxy) is 2. The molecule has 0 heterocycles. The van der Waals surface area contributed by atoms with Crippen molar-refractivity contribution >= 4 is 0 Å². The molecule has 0 saturated heterocycles. The zero-order valence-corrected chi connectivity index (χ0v) is 11.1. The van der Waals surface area contributed by atoms with Crippen LogP contribution in [0.2, 0.25) is 0 Å². The van der Waals surface area contributed by atoms with Gasteiger partial charge in [-0.3, -0.25) is 0 Å². The number of hydrogen-bond acceptors (Lipinski definition) is 4. The molecule has 0 aliphatic carbocycles. The standard InChI is InChI=1S/C12H28N2O2/c1-4-8-16-9-5-6-14-12(2)11-13-7-10-15-3/h12-14H,4-11H2,1-3H3. The molecule has 4 heteroatoms. The van der Waals surface area contributed by atoms with Gasteiger partial charge in [-0.05, 0) is 26.3 Å². The van der Waals surface area contributed by atoms with E-state index in [1.54, 1.807) is 7.11 Å². The Hall–Kier alpha value is -0.160. The minimum absolute atomic E-state index is 0.503. The summed E-state index contributed by atoms with van der Waals surface area (Å²) in [6, 6.07) is 0.503. The zero-order valence-electron chi connectivity index (χ0n) is 11.1. The molecule has 2 N–H and O–H groups in total. The predicted molar refractivity (Wildman–Crippen MR) is 67.9 cm³/mol. The number of methoxy groups -OCH3 is 1. The van der Waals surface area contributed by atoms with Gasteiger partial charge >= 0.3 is 0 Å². The van der Waals surface area contributed by atoms with Gasteiger partial charge in [-0.2, -0.15) is 0 Å². The number of nitrogens with one attached hydrogen (secondary N) is 2. The van der Waals surface area contributed by atoms with E-state index in [0.717, 1.165) is 52.3 Å². The zero-order chi connectivity index (χ0) is 12.1. The van der Waals surface area contributed by atoms with E-state index < -0.39 is 0 Å². The van der Waals surface area contributed by atoms with Crippen LogP contribution >= 0.6 is 0 Å². The van der Waals surface area contributed by atoms with E-state index in [1.165, 1.54) is 0 Å². The van der Waals surface area contributed by atoms with Gasteiger partial charge in [-0.15, -0.1) is 0 Å². The second-order valence-electron chi connectivity index (χ2n) is 4.02. The Balaban J connectivity index is 3.08. The molecule has 1 atom stereocenters. The van der Waals surface area contributed by atoms with Crippen LogP contribution in [0.3, 0.4) is 0 Å². The lowest BCUT2D eigenvalue weighted by Crippen LogP contribution is -2.38. The lowest BCUT2D eigenvalue weighted by molar-refractivity contribution is 0.131. The molecule has 16 heavy (non-hydrogen) atoms. The van der Waals surface area contributed by atoms with Crippen LogP contribution in [0, 0.1) is 0 Å². The maximum atomic E-state index is 5.41. The minimum Gasteiger partial charge on any atom is -0.383 e. The van der Waals surface area contributed by atoms with Gasteiger partial charge in [0.2, 0.25) is 0 Å². The van der Waals surface area contributed by atoms with Gasteiger partial charge in [-0.25, -0.2) is 0 Å². The minimum atomic E-state index is 0.503. The van der Waals surface area contributed by atoms with Crippen molar-refractivity contribution in [3.05, 3.63) is 0 Å². The van der Waals surface area contributed by atoms with Gasteiger partial charge in [0.1, 0.15) is 0 Å². The van der Waals surface area contributed by atoms with Crippen LogP contribution in [0.4, 0.5) is 0 Å². The van der Waals surface area contributed by atoms with Crippen LogP contribution < -0.4 is 10.6 Å². The van der Waals surface area contributed by atoms with Crippen molar-refractivity contribution in [2.75, 3.05) is 46.6 Å². The topological polar surface area (TPSA) is 42.5 Å². The fourth-order valence-corrected chi connectivity index (χ4v) is 1.33. The van der Waals surface area contributed by atoms with E-state index in [2.05, 4.69) is 24.5 Å². The lowest BCUT2D eigenvalue weighted by Gasteiger charge is -2.14. The van der Waals surface area contributed by atoms with E-state index in [0.29, 0.717) is 6.04 Å². The van der Waals surface area contributed by atoms with Gasteiger partial charge in [0.05, 0.1) is 6.61 Å². The van der Waals surface area contributed by atoms with Crippen LogP contribution in [0.15, 0.2) is 0 Å². The third kappa shape index (κ3) is 11.9. The maximum Gasteiger partial charge on any atom is 0.0587 e. The molecule has 1 unspecified atom stereocenters. The van der Waals surface area contributed by atoms with E-state index in [9.17, 15) is 0 Å². The van der Waals surface area contributed by atoms with Crippen LogP contribution in [-0.4, -0.2) is 52.6 Å².